The van der Waals surface area contributed by atoms with E-state index in [0.29, 0.717) is 45.8 Å². The number of benzene rings is 2. The third kappa shape index (κ3) is 3.69. The highest BCUT2D eigenvalue weighted by molar-refractivity contribution is 6.35. The topological polar surface area (TPSA) is 88.7 Å². The van der Waals surface area contributed by atoms with E-state index in [4.69, 9.17) is 21.1 Å². The van der Waals surface area contributed by atoms with Gasteiger partial charge >= 0.3 is 0 Å². The predicted molar refractivity (Wildman–Crippen MR) is 124 cm³/mol. The lowest BCUT2D eigenvalue weighted by molar-refractivity contribution is -0.130. The summed E-state index contributed by atoms with van der Waals surface area (Å²) in [6, 6.07) is 10.6. The van der Waals surface area contributed by atoms with Crippen molar-refractivity contribution in [2.45, 2.75) is 38.3 Å². The molecule has 2 amide bonds. The van der Waals surface area contributed by atoms with E-state index in [-0.39, 0.29) is 17.9 Å². The summed E-state index contributed by atoms with van der Waals surface area (Å²) in [5, 5.41) is 9.84. The molecule has 3 N–H and O–H groups in total. The van der Waals surface area contributed by atoms with Gasteiger partial charge in [-0.05, 0) is 37.0 Å². The summed E-state index contributed by atoms with van der Waals surface area (Å²) >= 11 is 6.37. The van der Waals surface area contributed by atoms with Crippen LogP contribution < -0.4 is 25.4 Å². The zero-order chi connectivity index (χ0) is 23.0. The number of anilines is 2. The molecule has 0 aliphatic carbocycles. The smallest absolute Gasteiger partial charge is 0.250 e. The SMILES string of the molecule is COc1ccc(OC)c(NC(=O)[C@@H]2C[C@@H](CC(C)C)N[C@@]23C(=O)Nc2c(Cl)cccc23)c1. The Bertz CT molecular complexity index is 1060. The van der Waals surface area contributed by atoms with Crippen molar-refractivity contribution in [3.05, 3.63) is 47.0 Å². The highest BCUT2D eigenvalue weighted by Gasteiger charge is 2.60. The van der Waals surface area contributed by atoms with Gasteiger partial charge in [-0.15, -0.1) is 0 Å². The standard InChI is InChI=1S/C24H28ClN3O4/c1-13(2)10-14-11-17(22(29)26-19-12-15(31-3)8-9-20(19)32-4)24(28-14)16-6-5-7-18(25)21(16)27-23(24)30/h5-9,12-14,17,28H,10-11H2,1-4H3,(H,26,29)(H,27,30)/t14-,17+,24-/m1/s1. The fourth-order valence-electron chi connectivity index (χ4n) is 4.91. The number of carbonyl (C=O) groups excluding carboxylic acids is 2. The number of nitrogens with one attached hydrogen (secondary N) is 3. The second-order valence-corrected chi connectivity index (χ2v) is 9.15. The van der Waals surface area contributed by atoms with Crippen molar-refractivity contribution in [1.82, 2.24) is 5.32 Å². The fraction of sp³-hybridized carbons (Fsp3) is 0.417. The van der Waals surface area contributed by atoms with Crippen LogP contribution in [0.5, 0.6) is 11.5 Å². The van der Waals surface area contributed by atoms with Crippen LogP contribution in [0.3, 0.4) is 0 Å². The summed E-state index contributed by atoms with van der Waals surface area (Å²) in [5.41, 5.74) is 0.576. The van der Waals surface area contributed by atoms with E-state index in [1.807, 2.05) is 6.07 Å². The number of fused-ring (bicyclic) bond motifs is 2. The van der Waals surface area contributed by atoms with Crippen molar-refractivity contribution in [3.8, 4) is 11.5 Å². The number of hydrogen-bond acceptors (Lipinski definition) is 5. The quantitative estimate of drug-likeness (QED) is 0.606. The van der Waals surface area contributed by atoms with Gasteiger partial charge in [0.15, 0.2) is 0 Å². The van der Waals surface area contributed by atoms with Crippen LogP contribution in [-0.4, -0.2) is 32.1 Å². The van der Waals surface area contributed by atoms with Crippen molar-refractivity contribution >= 4 is 34.8 Å². The Morgan fingerprint density at radius 2 is 2.03 bits per heavy atom. The van der Waals surface area contributed by atoms with Crippen LogP contribution in [0.15, 0.2) is 36.4 Å². The van der Waals surface area contributed by atoms with Gasteiger partial charge in [-0.1, -0.05) is 37.6 Å². The van der Waals surface area contributed by atoms with E-state index in [0.717, 1.165) is 6.42 Å². The third-order valence-corrected chi connectivity index (χ3v) is 6.56. The molecule has 0 radical (unpaired) electrons. The molecule has 2 aliphatic heterocycles. The molecule has 32 heavy (non-hydrogen) atoms. The van der Waals surface area contributed by atoms with Gasteiger partial charge in [0, 0.05) is 17.7 Å². The van der Waals surface area contributed by atoms with E-state index in [1.165, 1.54) is 7.11 Å². The summed E-state index contributed by atoms with van der Waals surface area (Å²) in [6.07, 6.45) is 1.37. The fourth-order valence-corrected chi connectivity index (χ4v) is 5.13. The van der Waals surface area contributed by atoms with E-state index in [1.54, 1.807) is 37.4 Å². The molecule has 170 valence electrons. The molecule has 4 rings (SSSR count). The molecule has 2 aliphatic rings. The second-order valence-electron chi connectivity index (χ2n) is 8.74. The molecule has 1 spiro atoms. The molecule has 1 saturated heterocycles. The molecule has 0 aromatic heterocycles. The number of carbonyl (C=O) groups is 2. The summed E-state index contributed by atoms with van der Waals surface area (Å²) < 4.78 is 10.7. The maximum atomic E-state index is 13.7. The molecule has 2 aromatic rings. The number of hydrogen-bond donors (Lipinski definition) is 3. The molecular weight excluding hydrogens is 430 g/mol. The van der Waals surface area contributed by atoms with E-state index < -0.39 is 11.5 Å². The van der Waals surface area contributed by atoms with Crippen molar-refractivity contribution in [2.24, 2.45) is 11.8 Å². The monoisotopic (exact) mass is 457 g/mol. The van der Waals surface area contributed by atoms with Crippen LogP contribution in [0.1, 0.15) is 32.3 Å². The Morgan fingerprint density at radius 3 is 2.72 bits per heavy atom. The number of halogens is 1. The number of para-hydroxylation sites is 1. The highest BCUT2D eigenvalue weighted by atomic mass is 35.5. The van der Waals surface area contributed by atoms with Gasteiger partial charge in [-0.2, -0.15) is 0 Å². The van der Waals surface area contributed by atoms with E-state index in [9.17, 15) is 9.59 Å². The van der Waals surface area contributed by atoms with Crippen LogP contribution in [0.25, 0.3) is 0 Å². The van der Waals surface area contributed by atoms with Gasteiger partial charge in [0.1, 0.15) is 17.0 Å². The predicted octanol–water partition coefficient (Wildman–Crippen LogP) is 4.17. The maximum absolute atomic E-state index is 13.7. The second kappa shape index (κ2) is 8.64. The Hall–Kier alpha value is -2.77. The highest BCUT2D eigenvalue weighted by Crippen LogP contribution is 2.50. The van der Waals surface area contributed by atoms with Crippen molar-refractivity contribution in [3.63, 3.8) is 0 Å². The molecular formula is C24H28ClN3O4. The number of amides is 2. The largest absolute Gasteiger partial charge is 0.497 e. The van der Waals surface area contributed by atoms with Gasteiger partial charge < -0.3 is 20.1 Å². The first-order valence-electron chi connectivity index (χ1n) is 10.7. The molecule has 7 nitrogen and oxygen atoms in total. The van der Waals surface area contributed by atoms with Crippen LogP contribution in [-0.2, 0) is 15.1 Å². The van der Waals surface area contributed by atoms with E-state index >= 15 is 0 Å². The first-order valence-corrected chi connectivity index (χ1v) is 11.1. The van der Waals surface area contributed by atoms with Crippen LogP contribution in [0.2, 0.25) is 5.02 Å². The molecule has 2 aromatic carbocycles. The van der Waals surface area contributed by atoms with Gasteiger partial charge in [-0.3, -0.25) is 14.9 Å². The van der Waals surface area contributed by atoms with Crippen molar-refractivity contribution in [2.75, 3.05) is 24.9 Å². The average Bonchev–Trinajstić information content (AvgIpc) is 3.27. The summed E-state index contributed by atoms with van der Waals surface area (Å²) in [5.74, 6) is 0.351. The van der Waals surface area contributed by atoms with Crippen LogP contribution in [0.4, 0.5) is 11.4 Å². The molecule has 0 saturated carbocycles. The minimum atomic E-state index is -1.18. The summed E-state index contributed by atoms with van der Waals surface area (Å²) in [4.78, 5) is 27.0. The lowest BCUT2D eigenvalue weighted by atomic mass is 9.79. The van der Waals surface area contributed by atoms with Crippen molar-refractivity contribution < 1.29 is 19.1 Å². The molecule has 0 bridgehead atoms. The number of ether oxygens (including phenoxy) is 2. The third-order valence-electron chi connectivity index (χ3n) is 6.25. The van der Waals surface area contributed by atoms with Gasteiger partial charge in [-0.25, -0.2) is 0 Å². The first-order chi connectivity index (χ1) is 15.3. The maximum Gasteiger partial charge on any atom is 0.250 e. The van der Waals surface area contributed by atoms with Gasteiger partial charge in [0.2, 0.25) is 11.8 Å². The molecule has 3 atom stereocenters. The van der Waals surface area contributed by atoms with Crippen LogP contribution in [0, 0.1) is 11.8 Å². The minimum absolute atomic E-state index is 0.00800. The summed E-state index contributed by atoms with van der Waals surface area (Å²) in [6.45, 7) is 4.25. The Labute approximate surface area is 192 Å². The first kappa shape index (κ1) is 22.4. The number of rotatable bonds is 6. The molecule has 0 unspecified atom stereocenters. The zero-order valence-corrected chi connectivity index (χ0v) is 19.4. The lowest BCUT2D eigenvalue weighted by Gasteiger charge is -2.29. The van der Waals surface area contributed by atoms with E-state index in [2.05, 4.69) is 29.8 Å². The normalized spacial score (nSPS) is 23.9. The number of methoxy groups -OCH3 is 2. The minimum Gasteiger partial charge on any atom is -0.497 e. The molecule has 2 heterocycles. The molecule has 1 fully saturated rings. The van der Waals surface area contributed by atoms with Crippen molar-refractivity contribution in [1.29, 1.82) is 0 Å². The molecule has 8 heteroatoms. The Balaban J connectivity index is 1.74. The lowest BCUT2D eigenvalue weighted by Crippen LogP contribution is -2.52. The Kier molecular flexibility index (Phi) is 6.05. The van der Waals surface area contributed by atoms with Gasteiger partial charge in [0.25, 0.3) is 0 Å². The Morgan fingerprint density at radius 1 is 1.25 bits per heavy atom. The van der Waals surface area contributed by atoms with Gasteiger partial charge in [0.05, 0.1) is 36.5 Å². The average molecular weight is 458 g/mol. The summed E-state index contributed by atoms with van der Waals surface area (Å²) in [7, 11) is 3.10. The zero-order valence-electron chi connectivity index (χ0n) is 18.6. The van der Waals surface area contributed by atoms with Crippen LogP contribution >= 0.6 is 11.6 Å².